The highest BCUT2D eigenvalue weighted by Gasteiger charge is 2.27. The molecule has 0 saturated carbocycles. The van der Waals surface area contributed by atoms with Gasteiger partial charge in [0.1, 0.15) is 17.1 Å². The molecule has 0 atom stereocenters. The summed E-state index contributed by atoms with van der Waals surface area (Å²) >= 11 is 0. The minimum absolute atomic E-state index is 0.0539. The van der Waals surface area contributed by atoms with Gasteiger partial charge in [0.2, 0.25) is 0 Å². The van der Waals surface area contributed by atoms with Crippen LogP contribution in [0.1, 0.15) is 60.3 Å². The Bertz CT molecular complexity index is 945. The van der Waals surface area contributed by atoms with E-state index in [1.54, 1.807) is 0 Å². The maximum absolute atomic E-state index is 12.7. The molecule has 2 rings (SSSR count). The Labute approximate surface area is 179 Å². The molecule has 0 saturated heterocycles. The van der Waals surface area contributed by atoms with Crippen molar-refractivity contribution in [3.05, 3.63) is 81.4 Å². The SMILES string of the molecule is COC(=O)c1c(O)c(CC=C(C)C)c(O)c(CC=C(C)C)c1CCc1ccccc1. The van der Waals surface area contributed by atoms with Crippen molar-refractivity contribution >= 4 is 5.97 Å². The van der Waals surface area contributed by atoms with Crippen molar-refractivity contribution in [1.29, 1.82) is 0 Å². The number of hydrogen-bond donors (Lipinski definition) is 2. The summed E-state index contributed by atoms with van der Waals surface area (Å²) in [6, 6.07) is 9.95. The van der Waals surface area contributed by atoms with Gasteiger partial charge in [0, 0.05) is 11.1 Å². The van der Waals surface area contributed by atoms with Crippen molar-refractivity contribution in [2.24, 2.45) is 0 Å². The second kappa shape index (κ2) is 10.7. The number of ether oxygens (including phenoxy) is 1. The van der Waals surface area contributed by atoms with Gasteiger partial charge in [-0.15, -0.1) is 0 Å². The van der Waals surface area contributed by atoms with Crippen LogP contribution in [0.3, 0.4) is 0 Å². The first kappa shape index (κ1) is 23.3. The number of allylic oxidation sites excluding steroid dienone is 4. The first-order valence-corrected chi connectivity index (χ1v) is 10.2. The lowest BCUT2D eigenvalue weighted by molar-refractivity contribution is 0.0595. The van der Waals surface area contributed by atoms with Crippen LogP contribution in [0.4, 0.5) is 0 Å². The fraction of sp³-hybridized carbons (Fsp3) is 0.346. The zero-order chi connectivity index (χ0) is 22.3. The van der Waals surface area contributed by atoms with E-state index >= 15 is 0 Å². The van der Waals surface area contributed by atoms with E-state index in [0.29, 0.717) is 42.4 Å². The smallest absolute Gasteiger partial charge is 0.341 e. The van der Waals surface area contributed by atoms with Gasteiger partial charge in [0.05, 0.1) is 7.11 Å². The Morgan fingerprint density at radius 3 is 1.93 bits per heavy atom. The van der Waals surface area contributed by atoms with E-state index in [1.807, 2.05) is 70.2 Å². The normalized spacial score (nSPS) is 10.4. The second-order valence-electron chi connectivity index (χ2n) is 7.96. The third-order valence-electron chi connectivity index (χ3n) is 5.09. The summed E-state index contributed by atoms with van der Waals surface area (Å²) in [6.07, 6.45) is 5.94. The number of aryl methyl sites for hydroxylation is 1. The zero-order valence-electron chi connectivity index (χ0n) is 18.6. The lowest BCUT2D eigenvalue weighted by Crippen LogP contribution is -2.12. The summed E-state index contributed by atoms with van der Waals surface area (Å²) in [5.41, 5.74) is 5.11. The van der Waals surface area contributed by atoms with E-state index in [0.717, 1.165) is 16.7 Å². The average molecular weight is 409 g/mol. The van der Waals surface area contributed by atoms with Crippen LogP contribution in [0.25, 0.3) is 0 Å². The van der Waals surface area contributed by atoms with Crippen molar-refractivity contribution in [3.8, 4) is 11.5 Å². The molecule has 2 aromatic carbocycles. The summed E-state index contributed by atoms with van der Waals surface area (Å²) in [7, 11) is 1.31. The minimum Gasteiger partial charge on any atom is -0.507 e. The number of aromatic hydroxyl groups is 2. The molecular formula is C26H32O4. The van der Waals surface area contributed by atoms with E-state index in [-0.39, 0.29) is 17.1 Å². The Hall–Kier alpha value is -3.01. The van der Waals surface area contributed by atoms with Crippen molar-refractivity contribution in [2.45, 2.75) is 53.4 Å². The number of carbonyl (C=O) groups excluding carboxylic acids is 1. The monoisotopic (exact) mass is 408 g/mol. The predicted molar refractivity (Wildman–Crippen MR) is 121 cm³/mol. The van der Waals surface area contributed by atoms with E-state index < -0.39 is 5.97 Å². The third-order valence-corrected chi connectivity index (χ3v) is 5.09. The zero-order valence-corrected chi connectivity index (χ0v) is 18.6. The molecule has 160 valence electrons. The molecule has 0 aliphatic rings. The van der Waals surface area contributed by atoms with Gasteiger partial charge >= 0.3 is 5.97 Å². The van der Waals surface area contributed by atoms with Crippen LogP contribution in [0, 0.1) is 0 Å². The maximum atomic E-state index is 12.7. The molecule has 0 aliphatic heterocycles. The minimum atomic E-state index is -0.590. The lowest BCUT2D eigenvalue weighted by Gasteiger charge is -2.20. The molecule has 30 heavy (non-hydrogen) atoms. The summed E-state index contributed by atoms with van der Waals surface area (Å²) in [4.78, 5) is 12.7. The number of esters is 1. The van der Waals surface area contributed by atoms with Gasteiger partial charge < -0.3 is 14.9 Å². The third kappa shape index (κ3) is 5.76. The molecule has 0 radical (unpaired) electrons. The van der Waals surface area contributed by atoms with Gasteiger partial charge in [-0.1, -0.05) is 53.6 Å². The molecule has 0 bridgehead atoms. The Kier molecular flexibility index (Phi) is 8.28. The van der Waals surface area contributed by atoms with Gasteiger partial charge in [-0.3, -0.25) is 0 Å². The fourth-order valence-electron chi connectivity index (χ4n) is 3.42. The van der Waals surface area contributed by atoms with Crippen LogP contribution in [0.2, 0.25) is 0 Å². The number of phenolic OH excluding ortho intramolecular Hbond substituents is 2. The van der Waals surface area contributed by atoms with Gasteiger partial charge in [-0.2, -0.15) is 0 Å². The van der Waals surface area contributed by atoms with Gasteiger partial charge in [0.15, 0.2) is 0 Å². The largest absolute Gasteiger partial charge is 0.507 e. The highest BCUT2D eigenvalue weighted by Crippen LogP contribution is 2.40. The molecule has 4 heteroatoms. The molecule has 2 aromatic rings. The van der Waals surface area contributed by atoms with Crippen LogP contribution < -0.4 is 0 Å². The van der Waals surface area contributed by atoms with Crippen molar-refractivity contribution in [1.82, 2.24) is 0 Å². The van der Waals surface area contributed by atoms with Crippen molar-refractivity contribution in [2.75, 3.05) is 7.11 Å². The highest BCUT2D eigenvalue weighted by atomic mass is 16.5. The topological polar surface area (TPSA) is 66.8 Å². The van der Waals surface area contributed by atoms with Crippen LogP contribution in [-0.2, 0) is 30.4 Å². The molecule has 0 fully saturated rings. The number of phenols is 2. The van der Waals surface area contributed by atoms with E-state index in [9.17, 15) is 15.0 Å². The quantitative estimate of drug-likeness (QED) is 0.435. The van der Waals surface area contributed by atoms with E-state index in [1.165, 1.54) is 7.11 Å². The summed E-state index contributed by atoms with van der Waals surface area (Å²) in [6.45, 7) is 7.89. The van der Waals surface area contributed by atoms with Crippen LogP contribution in [0.15, 0.2) is 53.6 Å². The molecule has 4 nitrogen and oxygen atoms in total. The number of benzene rings is 2. The Morgan fingerprint density at radius 1 is 0.833 bits per heavy atom. The Morgan fingerprint density at radius 2 is 1.40 bits per heavy atom. The average Bonchev–Trinajstić information content (AvgIpc) is 2.71. The molecule has 0 spiro atoms. The van der Waals surface area contributed by atoms with E-state index in [4.69, 9.17) is 4.74 Å². The first-order chi connectivity index (χ1) is 14.3. The molecular weight excluding hydrogens is 376 g/mol. The van der Waals surface area contributed by atoms with Crippen LogP contribution in [0.5, 0.6) is 11.5 Å². The maximum Gasteiger partial charge on any atom is 0.341 e. The number of hydrogen-bond acceptors (Lipinski definition) is 4. The lowest BCUT2D eigenvalue weighted by atomic mass is 9.88. The fourth-order valence-corrected chi connectivity index (χ4v) is 3.42. The van der Waals surface area contributed by atoms with E-state index in [2.05, 4.69) is 0 Å². The van der Waals surface area contributed by atoms with Gasteiger partial charge in [-0.05, 0) is 64.5 Å². The summed E-state index contributed by atoms with van der Waals surface area (Å²) in [5, 5.41) is 22.0. The predicted octanol–water partition coefficient (Wildman–Crippen LogP) is 5.69. The van der Waals surface area contributed by atoms with Gasteiger partial charge in [-0.25, -0.2) is 4.79 Å². The highest BCUT2D eigenvalue weighted by molar-refractivity contribution is 5.96. The second-order valence-corrected chi connectivity index (χ2v) is 7.96. The van der Waals surface area contributed by atoms with Crippen molar-refractivity contribution in [3.63, 3.8) is 0 Å². The van der Waals surface area contributed by atoms with Crippen LogP contribution >= 0.6 is 0 Å². The summed E-state index contributed by atoms with van der Waals surface area (Å²) in [5.74, 6) is -0.730. The van der Waals surface area contributed by atoms with Crippen LogP contribution in [-0.4, -0.2) is 23.3 Å². The van der Waals surface area contributed by atoms with Crippen molar-refractivity contribution < 1.29 is 19.7 Å². The number of carbonyl (C=O) groups is 1. The Balaban J connectivity index is 2.68. The molecule has 0 unspecified atom stereocenters. The standard InChI is InChI=1S/C26H32O4/c1-17(2)11-14-21-20(16-13-19-9-7-6-8-10-19)23(26(29)30-5)25(28)22(24(21)27)15-12-18(3)4/h6-12,27-28H,13-16H2,1-5H3. The molecule has 2 N–H and O–H groups in total. The number of rotatable bonds is 8. The molecule has 0 amide bonds. The number of methoxy groups -OCH3 is 1. The molecule has 0 aromatic heterocycles. The molecule has 0 aliphatic carbocycles. The van der Waals surface area contributed by atoms with Gasteiger partial charge in [0.25, 0.3) is 0 Å². The first-order valence-electron chi connectivity index (χ1n) is 10.2. The molecule has 0 heterocycles. The summed E-state index contributed by atoms with van der Waals surface area (Å²) < 4.78 is 5.00.